The van der Waals surface area contributed by atoms with Gasteiger partial charge in [-0.05, 0) is 30.2 Å². The van der Waals surface area contributed by atoms with E-state index in [0.717, 1.165) is 5.56 Å². The molecule has 0 aliphatic rings. The summed E-state index contributed by atoms with van der Waals surface area (Å²) in [5.41, 5.74) is 2.40. The van der Waals surface area contributed by atoms with Gasteiger partial charge in [0.1, 0.15) is 23.1 Å². The highest BCUT2D eigenvalue weighted by molar-refractivity contribution is 9.09. The van der Waals surface area contributed by atoms with Crippen LogP contribution in [0.4, 0.5) is 0 Å². The molecule has 2 aromatic carbocycles. The van der Waals surface area contributed by atoms with Crippen LogP contribution in [0.1, 0.15) is 46.6 Å². The molecule has 2 rings (SSSR count). The molecule has 2 aromatic rings. The van der Waals surface area contributed by atoms with Gasteiger partial charge in [0, 0.05) is 11.2 Å². The van der Waals surface area contributed by atoms with Gasteiger partial charge in [0.25, 0.3) is 0 Å². The molecular weight excluding hydrogens is 380 g/mol. The monoisotopic (exact) mass is 396 g/mol. The Labute approximate surface area is 149 Å². The van der Waals surface area contributed by atoms with Crippen LogP contribution in [0.5, 0.6) is 11.5 Å². The van der Waals surface area contributed by atoms with E-state index in [-0.39, 0.29) is 22.1 Å². The smallest absolute Gasteiger partial charge is 0.166 e. The number of ether oxygens (including phenoxy) is 1. The molecule has 0 heterocycles. The zero-order valence-electron chi connectivity index (χ0n) is 13.0. The van der Waals surface area contributed by atoms with Crippen molar-refractivity contribution in [3.05, 3.63) is 58.1 Å². The maximum absolute atomic E-state index is 11.7. The fraction of sp³-hybridized carbons (Fsp3) is 0.278. The molecule has 0 aliphatic carbocycles. The summed E-state index contributed by atoms with van der Waals surface area (Å²) in [5, 5.41) is 10.1. The summed E-state index contributed by atoms with van der Waals surface area (Å²) in [4.78, 5) is 12.0. The average molecular weight is 398 g/mol. The quantitative estimate of drug-likeness (QED) is 0.504. The van der Waals surface area contributed by atoms with Gasteiger partial charge in [-0.25, -0.2) is 0 Å². The van der Waals surface area contributed by atoms with E-state index in [1.807, 2.05) is 24.3 Å². The van der Waals surface area contributed by atoms with Gasteiger partial charge in [-0.2, -0.15) is 0 Å². The van der Waals surface area contributed by atoms with Crippen molar-refractivity contribution in [1.29, 1.82) is 0 Å². The van der Waals surface area contributed by atoms with Crippen LogP contribution in [0.25, 0.3) is 0 Å². The number of Topliss-reactive ketones (excluding diaryl/α,β-unsaturated/α-hetero) is 1. The van der Waals surface area contributed by atoms with Crippen molar-refractivity contribution in [2.24, 2.45) is 0 Å². The highest BCUT2D eigenvalue weighted by Gasteiger charge is 2.16. The maximum atomic E-state index is 11.7. The second kappa shape index (κ2) is 7.84. The standard InChI is InChI=1S/C18H18BrClO3/c1-3-15(21)14-8-9-16(17(20)18(14)22)23-10-12-4-6-13(7-5-12)11(2)19/h4-9,11,22H,3,10H2,1-2H3. The number of alkyl halides is 1. The SMILES string of the molecule is CCC(=O)c1ccc(OCc2ccc(C(C)Br)cc2)c(Cl)c1O. The second-order valence-corrected chi connectivity index (χ2v) is 6.95. The minimum absolute atomic E-state index is 0.0648. The Hall–Kier alpha value is -1.52. The molecule has 1 atom stereocenters. The van der Waals surface area contributed by atoms with E-state index in [9.17, 15) is 9.90 Å². The van der Waals surface area contributed by atoms with Crippen LogP contribution in [0.2, 0.25) is 5.02 Å². The van der Waals surface area contributed by atoms with Crippen LogP contribution in [0.15, 0.2) is 36.4 Å². The summed E-state index contributed by atoms with van der Waals surface area (Å²) in [7, 11) is 0. The number of benzene rings is 2. The molecule has 23 heavy (non-hydrogen) atoms. The molecule has 0 fully saturated rings. The molecule has 0 amide bonds. The van der Waals surface area contributed by atoms with Crippen molar-refractivity contribution in [3.8, 4) is 11.5 Å². The van der Waals surface area contributed by atoms with Crippen molar-refractivity contribution in [3.63, 3.8) is 0 Å². The Morgan fingerprint density at radius 3 is 2.48 bits per heavy atom. The van der Waals surface area contributed by atoms with E-state index < -0.39 is 0 Å². The van der Waals surface area contributed by atoms with Gasteiger partial charge < -0.3 is 9.84 Å². The third-order valence-electron chi connectivity index (χ3n) is 3.54. The lowest BCUT2D eigenvalue weighted by Crippen LogP contribution is -2.00. The van der Waals surface area contributed by atoms with E-state index >= 15 is 0 Å². The average Bonchev–Trinajstić information content (AvgIpc) is 2.56. The normalized spacial score (nSPS) is 12.0. The van der Waals surface area contributed by atoms with E-state index in [1.54, 1.807) is 13.0 Å². The Kier molecular flexibility index (Phi) is 6.08. The van der Waals surface area contributed by atoms with Gasteiger partial charge in [-0.3, -0.25) is 4.79 Å². The van der Waals surface area contributed by atoms with Crippen molar-refractivity contribution >= 4 is 33.3 Å². The predicted octanol–water partition coefficient (Wildman–Crippen LogP) is 5.67. The number of hydrogen-bond donors (Lipinski definition) is 1. The van der Waals surface area contributed by atoms with Crippen LogP contribution in [0.3, 0.4) is 0 Å². The molecule has 1 N–H and O–H groups in total. The summed E-state index contributed by atoms with van der Waals surface area (Å²) in [6.07, 6.45) is 0.308. The van der Waals surface area contributed by atoms with Crippen molar-refractivity contribution in [2.75, 3.05) is 0 Å². The molecule has 0 radical (unpaired) electrons. The molecule has 122 valence electrons. The second-order valence-electron chi connectivity index (χ2n) is 5.20. The molecule has 0 saturated heterocycles. The number of carbonyl (C=O) groups excluding carboxylic acids is 1. The molecule has 5 heteroatoms. The summed E-state index contributed by atoms with van der Waals surface area (Å²) in [6.45, 7) is 4.13. The van der Waals surface area contributed by atoms with Crippen molar-refractivity contribution in [1.82, 2.24) is 0 Å². The largest absolute Gasteiger partial charge is 0.505 e. The predicted molar refractivity (Wildman–Crippen MR) is 95.9 cm³/mol. The molecule has 0 saturated carbocycles. The fourth-order valence-corrected chi connectivity index (χ4v) is 2.64. The third kappa shape index (κ3) is 4.27. The zero-order valence-corrected chi connectivity index (χ0v) is 15.3. The van der Waals surface area contributed by atoms with E-state index in [2.05, 4.69) is 22.9 Å². The first kappa shape index (κ1) is 17.8. The van der Waals surface area contributed by atoms with Gasteiger partial charge in [0.05, 0.1) is 5.56 Å². The lowest BCUT2D eigenvalue weighted by atomic mass is 10.1. The number of rotatable bonds is 6. The Morgan fingerprint density at radius 1 is 1.26 bits per heavy atom. The zero-order chi connectivity index (χ0) is 17.0. The molecular formula is C18H18BrClO3. The van der Waals surface area contributed by atoms with Crippen LogP contribution in [0, 0.1) is 0 Å². The van der Waals surface area contributed by atoms with Crippen LogP contribution in [-0.2, 0) is 6.61 Å². The fourth-order valence-electron chi connectivity index (χ4n) is 2.11. The first-order chi connectivity index (χ1) is 10.9. The van der Waals surface area contributed by atoms with E-state index in [1.165, 1.54) is 11.6 Å². The minimum Gasteiger partial charge on any atom is -0.505 e. The summed E-state index contributed by atoms with van der Waals surface area (Å²) >= 11 is 9.62. The lowest BCUT2D eigenvalue weighted by molar-refractivity contribution is 0.0985. The Bertz CT molecular complexity index is 696. The molecule has 0 aromatic heterocycles. The molecule has 0 spiro atoms. The molecule has 1 unspecified atom stereocenters. The summed E-state index contributed by atoms with van der Waals surface area (Å²) < 4.78 is 5.66. The molecule has 3 nitrogen and oxygen atoms in total. The van der Waals surface area contributed by atoms with Crippen LogP contribution >= 0.6 is 27.5 Å². The number of carbonyl (C=O) groups is 1. The highest BCUT2D eigenvalue weighted by Crippen LogP contribution is 2.37. The first-order valence-electron chi connectivity index (χ1n) is 7.34. The number of ketones is 1. The third-order valence-corrected chi connectivity index (χ3v) is 4.43. The minimum atomic E-state index is -0.223. The summed E-state index contributed by atoms with van der Waals surface area (Å²) in [6, 6.07) is 11.2. The van der Waals surface area contributed by atoms with Gasteiger partial charge in [-0.1, -0.05) is 58.7 Å². The summed E-state index contributed by atoms with van der Waals surface area (Å²) in [5.74, 6) is -0.0235. The van der Waals surface area contributed by atoms with E-state index in [4.69, 9.17) is 16.3 Å². The molecule has 0 aliphatic heterocycles. The number of phenols is 1. The number of phenolic OH excluding ortho intramolecular Hbond substituents is 1. The lowest BCUT2D eigenvalue weighted by Gasteiger charge is -2.12. The number of hydrogen-bond acceptors (Lipinski definition) is 3. The van der Waals surface area contributed by atoms with Gasteiger partial charge in [0.15, 0.2) is 5.78 Å². The Balaban J connectivity index is 2.11. The van der Waals surface area contributed by atoms with Crippen LogP contribution in [-0.4, -0.2) is 10.9 Å². The number of halogens is 2. The maximum Gasteiger partial charge on any atom is 0.166 e. The highest BCUT2D eigenvalue weighted by atomic mass is 79.9. The first-order valence-corrected chi connectivity index (χ1v) is 8.63. The topological polar surface area (TPSA) is 46.5 Å². The Morgan fingerprint density at radius 2 is 1.91 bits per heavy atom. The van der Waals surface area contributed by atoms with Crippen molar-refractivity contribution in [2.45, 2.75) is 31.7 Å². The van der Waals surface area contributed by atoms with Crippen molar-refractivity contribution < 1.29 is 14.6 Å². The van der Waals surface area contributed by atoms with Gasteiger partial charge >= 0.3 is 0 Å². The van der Waals surface area contributed by atoms with Gasteiger partial charge in [0.2, 0.25) is 0 Å². The van der Waals surface area contributed by atoms with Gasteiger partial charge in [-0.15, -0.1) is 0 Å². The van der Waals surface area contributed by atoms with E-state index in [0.29, 0.717) is 23.6 Å². The number of aromatic hydroxyl groups is 1. The molecule has 0 bridgehead atoms. The van der Waals surface area contributed by atoms with Crippen LogP contribution < -0.4 is 4.74 Å².